The van der Waals surface area contributed by atoms with Crippen LogP contribution in [0.2, 0.25) is 0 Å². The molecular weight excluding hydrogens is 356 g/mol. The summed E-state index contributed by atoms with van der Waals surface area (Å²) in [5.41, 5.74) is 2.66. The quantitative estimate of drug-likeness (QED) is 0.646. The second-order valence-electron chi connectivity index (χ2n) is 5.76. The first-order valence-electron chi connectivity index (χ1n) is 8.10. The molecular formula is C19H21ClN2O2S. The van der Waals surface area contributed by atoms with Crippen molar-refractivity contribution in [2.45, 2.75) is 31.1 Å². The molecule has 0 bridgehead atoms. The van der Waals surface area contributed by atoms with E-state index in [2.05, 4.69) is 0 Å². The lowest BCUT2D eigenvalue weighted by Gasteiger charge is -2.24. The van der Waals surface area contributed by atoms with Crippen molar-refractivity contribution in [3.8, 4) is 6.07 Å². The molecule has 0 saturated heterocycles. The predicted octanol–water partition coefficient (Wildman–Crippen LogP) is 4.28. The topological polar surface area (TPSA) is 61.2 Å². The van der Waals surface area contributed by atoms with Crippen LogP contribution >= 0.6 is 11.6 Å². The maximum absolute atomic E-state index is 13.0. The van der Waals surface area contributed by atoms with E-state index in [1.165, 1.54) is 4.31 Å². The monoisotopic (exact) mass is 376 g/mol. The molecule has 132 valence electrons. The van der Waals surface area contributed by atoms with Crippen LogP contribution in [0, 0.1) is 18.3 Å². The highest BCUT2D eigenvalue weighted by Gasteiger charge is 2.24. The lowest BCUT2D eigenvalue weighted by molar-refractivity contribution is 0.591. The van der Waals surface area contributed by atoms with E-state index in [-0.39, 0.29) is 17.9 Å². The van der Waals surface area contributed by atoms with Gasteiger partial charge in [0.05, 0.1) is 23.1 Å². The minimum Gasteiger partial charge on any atom is -0.265 e. The van der Waals surface area contributed by atoms with E-state index in [4.69, 9.17) is 16.9 Å². The number of nitrogens with zero attached hydrogens (tertiary/aromatic N) is 2. The fourth-order valence-corrected chi connectivity index (χ4v) is 4.08. The number of aryl methyl sites for hydroxylation is 2. The summed E-state index contributed by atoms with van der Waals surface area (Å²) in [4.78, 5) is 0.223. The average molecular weight is 377 g/mol. The molecule has 0 N–H and O–H groups in total. The van der Waals surface area contributed by atoms with Crippen LogP contribution in [0.4, 0.5) is 5.69 Å². The summed E-state index contributed by atoms with van der Waals surface area (Å²) < 4.78 is 27.4. The first-order valence-corrected chi connectivity index (χ1v) is 10.1. The van der Waals surface area contributed by atoms with Crippen molar-refractivity contribution in [3.63, 3.8) is 0 Å². The third-order valence-corrected chi connectivity index (χ3v) is 5.97. The van der Waals surface area contributed by atoms with Crippen molar-refractivity contribution in [1.29, 1.82) is 5.26 Å². The normalized spacial score (nSPS) is 11.1. The smallest absolute Gasteiger partial charge is 0.264 e. The van der Waals surface area contributed by atoms with E-state index in [1.807, 2.05) is 37.3 Å². The molecule has 0 atom stereocenters. The van der Waals surface area contributed by atoms with Gasteiger partial charge < -0.3 is 0 Å². The summed E-state index contributed by atoms with van der Waals surface area (Å²) in [5, 5.41) is 8.88. The summed E-state index contributed by atoms with van der Waals surface area (Å²) in [6.07, 6.45) is 1.80. The molecule has 0 aromatic heterocycles. The minimum absolute atomic E-state index is 0.121. The summed E-state index contributed by atoms with van der Waals surface area (Å²) in [6, 6.07) is 16.1. The van der Waals surface area contributed by atoms with Crippen LogP contribution in [-0.2, 0) is 16.4 Å². The molecule has 0 saturated carbocycles. The van der Waals surface area contributed by atoms with Crippen LogP contribution in [0.1, 0.15) is 24.0 Å². The van der Waals surface area contributed by atoms with Crippen molar-refractivity contribution in [1.82, 2.24) is 0 Å². The average Bonchev–Trinajstić information content (AvgIpc) is 2.62. The molecule has 0 aliphatic carbocycles. The van der Waals surface area contributed by atoms with Crippen LogP contribution in [0.15, 0.2) is 53.4 Å². The highest BCUT2D eigenvalue weighted by atomic mass is 35.5. The van der Waals surface area contributed by atoms with Gasteiger partial charge in [-0.3, -0.25) is 4.31 Å². The summed E-state index contributed by atoms with van der Waals surface area (Å²) in [5.74, 6) is 0.579. The van der Waals surface area contributed by atoms with Crippen LogP contribution in [0.5, 0.6) is 0 Å². The molecule has 0 aliphatic heterocycles. The fraction of sp³-hybridized carbons (Fsp3) is 0.316. The molecule has 0 aliphatic rings. The molecule has 0 heterocycles. The van der Waals surface area contributed by atoms with Gasteiger partial charge in [-0.15, -0.1) is 11.6 Å². The number of nitriles is 1. The number of alkyl halides is 1. The van der Waals surface area contributed by atoms with Crippen LogP contribution in [0.25, 0.3) is 0 Å². The SMILES string of the molecule is Cc1ccc(N(CCC#N)S(=O)(=O)c2ccc(CCCCl)cc2)cc1. The molecule has 0 spiro atoms. The van der Waals surface area contributed by atoms with Gasteiger partial charge in [-0.2, -0.15) is 5.26 Å². The van der Waals surface area contributed by atoms with Gasteiger partial charge in [0, 0.05) is 12.4 Å². The number of rotatable bonds is 8. The Morgan fingerprint density at radius 1 is 1.08 bits per heavy atom. The van der Waals surface area contributed by atoms with Gasteiger partial charge in [0.1, 0.15) is 0 Å². The molecule has 0 amide bonds. The van der Waals surface area contributed by atoms with E-state index in [0.29, 0.717) is 11.6 Å². The highest BCUT2D eigenvalue weighted by molar-refractivity contribution is 7.92. The van der Waals surface area contributed by atoms with Gasteiger partial charge in [0.2, 0.25) is 0 Å². The number of halogens is 1. The number of sulfonamides is 1. The van der Waals surface area contributed by atoms with E-state index in [1.54, 1.807) is 24.3 Å². The Morgan fingerprint density at radius 3 is 2.28 bits per heavy atom. The summed E-state index contributed by atoms with van der Waals surface area (Å²) in [7, 11) is -3.72. The Labute approximate surface area is 154 Å². The third kappa shape index (κ3) is 4.97. The van der Waals surface area contributed by atoms with Gasteiger partial charge in [0.15, 0.2) is 0 Å². The first kappa shape index (κ1) is 19.3. The number of anilines is 1. The van der Waals surface area contributed by atoms with Crippen molar-refractivity contribution in [2.24, 2.45) is 0 Å². The summed E-state index contributed by atoms with van der Waals surface area (Å²) in [6.45, 7) is 2.06. The van der Waals surface area contributed by atoms with Crippen LogP contribution in [-0.4, -0.2) is 20.8 Å². The van der Waals surface area contributed by atoms with E-state index in [0.717, 1.165) is 24.0 Å². The zero-order chi connectivity index (χ0) is 18.3. The third-order valence-electron chi connectivity index (χ3n) is 3.86. The van der Waals surface area contributed by atoms with Gasteiger partial charge in [-0.1, -0.05) is 29.8 Å². The molecule has 0 fully saturated rings. The molecule has 0 radical (unpaired) electrons. The Bertz CT molecular complexity index is 825. The maximum atomic E-state index is 13.0. The minimum atomic E-state index is -3.72. The van der Waals surface area contributed by atoms with Crippen LogP contribution < -0.4 is 4.31 Å². The fourth-order valence-electron chi connectivity index (χ4n) is 2.48. The van der Waals surface area contributed by atoms with Crippen molar-refractivity contribution >= 4 is 27.3 Å². The molecule has 2 aromatic rings. The van der Waals surface area contributed by atoms with Crippen molar-refractivity contribution in [2.75, 3.05) is 16.7 Å². The molecule has 25 heavy (non-hydrogen) atoms. The zero-order valence-corrected chi connectivity index (χ0v) is 15.7. The van der Waals surface area contributed by atoms with Crippen LogP contribution in [0.3, 0.4) is 0 Å². The number of hydrogen-bond acceptors (Lipinski definition) is 3. The van der Waals surface area contributed by atoms with E-state index < -0.39 is 10.0 Å². The molecule has 0 unspecified atom stereocenters. The van der Waals surface area contributed by atoms with E-state index >= 15 is 0 Å². The lowest BCUT2D eigenvalue weighted by Crippen LogP contribution is -2.31. The summed E-state index contributed by atoms with van der Waals surface area (Å²) >= 11 is 5.70. The Kier molecular flexibility index (Phi) is 6.86. The Morgan fingerprint density at radius 2 is 1.72 bits per heavy atom. The maximum Gasteiger partial charge on any atom is 0.264 e. The Hall–Kier alpha value is -2.03. The van der Waals surface area contributed by atoms with E-state index in [9.17, 15) is 8.42 Å². The lowest BCUT2D eigenvalue weighted by atomic mass is 10.1. The molecule has 6 heteroatoms. The molecule has 2 aromatic carbocycles. The number of hydrogen-bond donors (Lipinski definition) is 0. The zero-order valence-electron chi connectivity index (χ0n) is 14.2. The largest absolute Gasteiger partial charge is 0.265 e. The Balaban J connectivity index is 2.34. The first-order chi connectivity index (χ1) is 12.0. The second kappa shape index (κ2) is 8.89. The van der Waals surface area contributed by atoms with Gasteiger partial charge >= 0.3 is 0 Å². The van der Waals surface area contributed by atoms with Gasteiger partial charge in [0.25, 0.3) is 10.0 Å². The van der Waals surface area contributed by atoms with Crippen molar-refractivity contribution < 1.29 is 8.42 Å². The highest BCUT2D eigenvalue weighted by Crippen LogP contribution is 2.25. The predicted molar refractivity (Wildman–Crippen MR) is 101 cm³/mol. The number of benzene rings is 2. The standard InChI is InChI=1S/C19H21ClN2O2S/c1-16-5-9-18(10-6-16)22(15-3-14-21)25(23,24)19-11-7-17(8-12-19)4-2-13-20/h5-12H,2-4,13,15H2,1H3. The second-order valence-corrected chi connectivity index (χ2v) is 8.00. The van der Waals surface area contributed by atoms with Gasteiger partial charge in [-0.05, 0) is 49.6 Å². The molecule has 2 rings (SSSR count). The van der Waals surface area contributed by atoms with Gasteiger partial charge in [-0.25, -0.2) is 8.42 Å². The van der Waals surface area contributed by atoms with Crippen molar-refractivity contribution in [3.05, 3.63) is 59.7 Å². The molecule has 4 nitrogen and oxygen atoms in total.